The minimum absolute atomic E-state index is 0.0309. The molecular formula is C9H12N4O3S2. The molecule has 98 valence electrons. The highest BCUT2D eigenvalue weighted by atomic mass is 32.2. The van der Waals surface area contributed by atoms with Gasteiger partial charge in [0, 0.05) is 6.20 Å². The molecule has 0 aliphatic carbocycles. The number of nitrogens with two attached hydrogens (primary N) is 2. The van der Waals surface area contributed by atoms with Crippen LogP contribution in [0.4, 0.5) is 0 Å². The van der Waals surface area contributed by atoms with Crippen molar-refractivity contribution in [3.8, 4) is 0 Å². The van der Waals surface area contributed by atoms with Gasteiger partial charge in [-0.1, -0.05) is 12.2 Å². The number of hydrogen-bond donors (Lipinski definition) is 3. The molecule has 0 aromatic carbocycles. The molecule has 0 spiro atoms. The molecule has 1 amide bonds. The van der Waals surface area contributed by atoms with Crippen LogP contribution in [0, 0.1) is 0 Å². The first kappa shape index (κ1) is 14.5. The van der Waals surface area contributed by atoms with Crippen molar-refractivity contribution in [2.45, 2.75) is 17.9 Å². The summed E-state index contributed by atoms with van der Waals surface area (Å²) in [5.41, 5.74) is 10.3. The maximum Gasteiger partial charge on any atom is 0.243 e. The van der Waals surface area contributed by atoms with Crippen molar-refractivity contribution in [1.29, 1.82) is 0 Å². The van der Waals surface area contributed by atoms with Gasteiger partial charge in [-0.05, 0) is 19.1 Å². The Labute approximate surface area is 110 Å². The lowest BCUT2D eigenvalue weighted by atomic mass is 10.3. The Morgan fingerprint density at radius 1 is 1.50 bits per heavy atom. The number of nitrogens with zero attached hydrogens (tertiary/aromatic N) is 1. The van der Waals surface area contributed by atoms with E-state index in [2.05, 4.69) is 9.71 Å². The van der Waals surface area contributed by atoms with Gasteiger partial charge in [-0.25, -0.2) is 8.42 Å². The number of thiocarbonyl (C=S) groups is 1. The molecule has 0 saturated carbocycles. The first-order valence-electron chi connectivity index (χ1n) is 4.82. The van der Waals surface area contributed by atoms with E-state index in [4.69, 9.17) is 23.7 Å². The van der Waals surface area contributed by atoms with Crippen molar-refractivity contribution in [2.75, 3.05) is 0 Å². The number of rotatable bonds is 5. The van der Waals surface area contributed by atoms with Gasteiger partial charge < -0.3 is 11.5 Å². The third-order valence-electron chi connectivity index (χ3n) is 2.05. The summed E-state index contributed by atoms with van der Waals surface area (Å²) in [4.78, 5) is 14.3. The van der Waals surface area contributed by atoms with E-state index >= 15 is 0 Å². The predicted molar refractivity (Wildman–Crippen MR) is 69.1 cm³/mol. The molecule has 0 bridgehead atoms. The first-order valence-corrected chi connectivity index (χ1v) is 6.71. The zero-order valence-electron chi connectivity index (χ0n) is 9.45. The van der Waals surface area contributed by atoms with E-state index in [0.29, 0.717) is 0 Å². The van der Waals surface area contributed by atoms with Crippen molar-refractivity contribution >= 4 is 33.1 Å². The van der Waals surface area contributed by atoms with Gasteiger partial charge in [0.15, 0.2) is 0 Å². The second-order valence-corrected chi connectivity index (χ2v) is 5.58. The third-order valence-corrected chi connectivity index (χ3v) is 3.82. The van der Waals surface area contributed by atoms with Crippen molar-refractivity contribution < 1.29 is 13.2 Å². The van der Waals surface area contributed by atoms with Crippen molar-refractivity contribution in [3.63, 3.8) is 0 Å². The molecular weight excluding hydrogens is 276 g/mol. The normalized spacial score (nSPS) is 12.9. The van der Waals surface area contributed by atoms with Gasteiger partial charge in [0.2, 0.25) is 15.9 Å². The van der Waals surface area contributed by atoms with E-state index in [1.807, 2.05) is 0 Å². The van der Waals surface area contributed by atoms with Crippen LogP contribution in [0.3, 0.4) is 0 Å². The minimum Gasteiger partial charge on any atom is -0.388 e. The maximum absolute atomic E-state index is 12.0. The van der Waals surface area contributed by atoms with E-state index in [-0.39, 0.29) is 15.6 Å². The largest absolute Gasteiger partial charge is 0.388 e. The van der Waals surface area contributed by atoms with Gasteiger partial charge >= 0.3 is 0 Å². The molecule has 0 saturated heterocycles. The molecule has 0 aliphatic rings. The van der Waals surface area contributed by atoms with Gasteiger partial charge in [0.25, 0.3) is 0 Å². The predicted octanol–water partition coefficient (Wildman–Crippen LogP) is -1.13. The average molecular weight is 288 g/mol. The fraction of sp³-hybridized carbons (Fsp3) is 0.222. The average Bonchev–Trinajstić information content (AvgIpc) is 2.28. The minimum atomic E-state index is -3.96. The summed E-state index contributed by atoms with van der Waals surface area (Å²) >= 11 is 4.72. The third kappa shape index (κ3) is 3.22. The zero-order valence-corrected chi connectivity index (χ0v) is 11.1. The molecule has 18 heavy (non-hydrogen) atoms. The molecule has 7 nitrogen and oxygen atoms in total. The Morgan fingerprint density at radius 3 is 2.61 bits per heavy atom. The molecule has 1 atom stereocenters. The van der Waals surface area contributed by atoms with Crippen LogP contribution in [0.2, 0.25) is 0 Å². The van der Waals surface area contributed by atoms with Gasteiger partial charge in [-0.15, -0.1) is 0 Å². The van der Waals surface area contributed by atoms with Crippen molar-refractivity contribution in [3.05, 3.63) is 24.0 Å². The summed E-state index contributed by atoms with van der Waals surface area (Å²) in [6.45, 7) is 1.33. The summed E-state index contributed by atoms with van der Waals surface area (Å²) < 4.78 is 26.1. The summed E-state index contributed by atoms with van der Waals surface area (Å²) in [6, 6.07) is 1.66. The number of pyridine rings is 1. The van der Waals surface area contributed by atoms with E-state index in [1.54, 1.807) is 0 Å². The Bertz CT molecular complexity index is 585. The van der Waals surface area contributed by atoms with E-state index in [9.17, 15) is 13.2 Å². The number of nitrogens with one attached hydrogen (secondary N) is 1. The zero-order chi connectivity index (χ0) is 13.9. The Hall–Kier alpha value is -1.58. The second kappa shape index (κ2) is 5.38. The summed E-state index contributed by atoms with van der Waals surface area (Å²) in [5.74, 6) is -0.792. The topological polar surface area (TPSA) is 128 Å². The van der Waals surface area contributed by atoms with Crippen LogP contribution in [0.5, 0.6) is 0 Å². The lowest BCUT2D eigenvalue weighted by molar-refractivity contribution is -0.119. The smallest absolute Gasteiger partial charge is 0.243 e. The highest BCUT2D eigenvalue weighted by Gasteiger charge is 2.24. The Kier molecular flexibility index (Phi) is 4.33. The van der Waals surface area contributed by atoms with Crippen LogP contribution in [-0.2, 0) is 14.8 Å². The van der Waals surface area contributed by atoms with Crippen molar-refractivity contribution in [2.24, 2.45) is 11.5 Å². The van der Waals surface area contributed by atoms with Crippen molar-refractivity contribution in [1.82, 2.24) is 9.71 Å². The Morgan fingerprint density at radius 2 is 2.11 bits per heavy atom. The van der Waals surface area contributed by atoms with Crippen LogP contribution in [-0.4, -0.2) is 30.3 Å². The molecule has 5 N–H and O–H groups in total. The van der Waals surface area contributed by atoms with Gasteiger partial charge in [0.1, 0.15) is 15.6 Å². The molecule has 1 rings (SSSR count). The molecule has 1 heterocycles. The fourth-order valence-electron chi connectivity index (χ4n) is 1.15. The molecule has 1 aromatic heterocycles. The van der Waals surface area contributed by atoms with Gasteiger partial charge in [0.05, 0.1) is 6.04 Å². The molecule has 0 aliphatic heterocycles. The number of carbonyl (C=O) groups excluding carboxylic acids is 1. The molecule has 0 radical (unpaired) electrons. The number of sulfonamides is 1. The lowest BCUT2D eigenvalue weighted by Gasteiger charge is -2.12. The standard InChI is InChI=1S/C9H12N4O3S2/c1-5(8(10)14)13-18(15,16)6-3-2-4-12-7(6)9(11)17/h2-5,13H,1H3,(H2,10,14)(H2,11,17). The first-order chi connectivity index (χ1) is 8.25. The summed E-state index contributed by atoms with van der Waals surface area (Å²) in [7, 11) is -3.96. The van der Waals surface area contributed by atoms with Crippen LogP contribution >= 0.6 is 12.2 Å². The second-order valence-electron chi connectivity index (χ2n) is 3.46. The van der Waals surface area contributed by atoms with Crippen LogP contribution in [0.1, 0.15) is 12.6 Å². The summed E-state index contributed by atoms with van der Waals surface area (Å²) in [6.07, 6.45) is 1.37. The van der Waals surface area contributed by atoms with E-state index in [1.165, 1.54) is 25.3 Å². The number of carbonyl (C=O) groups is 1. The highest BCUT2D eigenvalue weighted by molar-refractivity contribution is 7.89. The lowest BCUT2D eigenvalue weighted by Crippen LogP contribution is -2.42. The molecule has 0 fully saturated rings. The van der Waals surface area contributed by atoms with Crippen LogP contribution in [0.15, 0.2) is 23.2 Å². The van der Waals surface area contributed by atoms with E-state index in [0.717, 1.165) is 0 Å². The van der Waals surface area contributed by atoms with E-state index < -0.39 is 22.0 Å². The fourth-order valence-corrected chi connectivity index (χ4v) is 2.76. The molecule has 1 aromatic rings. The number of primary amides is 1. The summed E-state index contributed by atoms with van der Waals surface area (Å²) in [5, 5.41) is 0. The quantitative estimate of drug-likeness (QED) is 0.588. The maximum atomic E-state index is 12.0. The number of hydrogen-bond acceptors (Lipinski definition) is 5. The Balaban J connectivity index is 3.21. The monoisotopic (exact) mass is 288 g/mol. The van der Waals surface area contributed by atoms with Gasteiger partial charge in [-0.2, -0.15) is 4.72 Å². The highest BCUT2D eigenvalue weighted by Crippen LogP contribution is 2.13. The van der Waals surface area contributed by atoms with Crippen LogP contribution < -0.4 is 16.2 Å². The SMILES string of the molecule is CC(NS(=O)(=O)c1cccnc1C(N)=S)C(N)=O. The van der Waals surface area contributed by atoms with Gasteiger partial charge in [-0.3, -0.25) is 9.78 Å². The molecule has 1 unspecified atom stereocenters. The van der Waals surface area contributed by atoms with Crippen LogP contribution in [0.25, 0.3) is 0 Å². The molecule has 9 heteroatoms. The number of amides is 1. The number of aromatic nitrogens is 1.